The molecular formula is C19H33N7. The Morgan fingerprint density at radius 1 is 1.12 bits per heavy atom. The molecule has 0 aliphatic heterocycles. The number of nitrogens with one attached hydrogen (secondary N) is 2. The lowest BCUT2D eigenvalue weighted by molar-refractivity contribution is 0.173. The van der Waals surface area contributed by atoms with Crippen LogP contribution >= 0.6 is 0 Å². The molecule has 7 heteroatoms. The number of hydrogen-bond donors (Lipinski definition) is 2. The molecular weight excluding hydrogens is 326 g/mol. The molecule has 144 valence electrons. The Morgan fingerprint density at radius 2 is 1.85 bits per heavy atom. The fraction of sp³-hybridized carbons (Fsp3) is 0.632. The Hall–Kier alpha value is -2.15. The van der Waals surface area contributed by atoms with E-state index in [9.17, 15) is 0 Å². The highest BCUT2D eigenvalue weighted by molar-refractivity contribution is 5.79. The summed E-state index contributed by atoms with van der Waals surface area (Å²) in [6, 6.07) is 7.07. The number of nitrogens with zero attached hydrogens (tertiary/aromatic N) is 5. The van der Waals surface area contributed by atoms with E-state index in [4.69, 9.17) is 0 Å². The fourth-order valence-corrected chi connectivity index (χ4v) is 3.16. The maximum Gasteiger partial charge on any atom is 0.190 e. The molecule has 0 bridgehead atoms. The van der Waals surface area contributed by atoms with Crippen LogP contribution < -0.4 is 10.6 Å². The SMILES string of the molecule is CN=C(NCCCN(C(C)C)C(C)C)NCCc1nnc2ccccn12. The van der Waals surface area contributed by atoms with Crippen molar-refractivity contribution >= 4 is 11.6 Å². The van der Waals surface area contributed by atoms with Gasteiger partial charge in [0, 0.05) is 51.4 Å². The predicted molar refractivity (Wildman–Crippen MR) is 108 cm³/mol. The second-order valence-electron chi connectivity index (χ2n) is 7.00. The first kappa shape index (κ1) is 20.2. The lowest BCUT2D eigenvalue weighted by Crippen LogP contribution is -2.41. The zero-order valence-electron chi connectivity index (χ0n) is 16.7. The van der Waals surface area contributed by atoms with E-state index in [-0.39, 0.29) is 0 Å². The number of aliphatic imine (C=N–C) groups is 1. The van der Waals surface area contributed by atoms with Gasteiger partial charge in [-0.3, -0.25) is 14.3 Å². The molecule has 2 heterocycles. The number of fused-ring (bicyclic) bond motifs is 1. The quantitative estimate of drug-likeness (QED) is 0.407. The molecule has 0 fully saturated rings. The van der Waals surface area contributed by atoms with Crippen LogP contribution in [0, 0.1) is 0 Å². The summed E-state index contributed by atoms with van der Waals surface area (Å²) in [7, 11) is 1.80. The number of pyridine rings is 1. The molecule has 0 aliphatic carbocycles. The monoisotopic (exact) mass is 359 g/mol. The summed E-state index contributed by atoms with van der Waals surface area (Å²) in [4.78, 5) is 6.80. The molecule has 2 aromatic rings. The summed E-state index contributed by atoms with van der Waals surface area (Å²) in [6.07, 6.45) is 3.87. The molecule has 0 aliphatic rings. The number of guanidine groups is 1. The van der Waals surface area contributed by atoms with Gasteiger partial charge in [0.05, 0.1) is 0 Å². The van der Waals surface area contributed by atoms with Gasteiger partial charge in [0.2, 0.25) is 0 Å². The lowest BCUT2D eigenvalue weighted by atomic mass is 10.2. The molecule has 2 N–H and O–H groups in total. The van der Waals surface area contributed by atoms with Crippen LogP contribution in [-0.4, -0.2) is 64.2 Å². The minimum Gasteiger partial charge on any atom is -0.356 e. The maximum atomic E-state index is 4.29. The van der Waals surface area contributed by atoms with Crippen molar-refractivity contribution in [1.82, 2.24) is 30.1 Å². The van der Waals surface area contributed by atoms with E-state index in [1.165, 1.54) is 0 Å². The minimum absolute atomic E-state index is 0.574. The van der Waals surface area contributed by atoms with Crippen molar-refractivity contribution < 1.29 is 0 Å². The molecule has 0 radical (unpaired) electrons. The predicted octanol–water partition coefficient (Wildman–Crippen LogP) is 1.95. The van der Waals surface area contributed by atoms with Gasteiger partial charge in [-0.1, -0.05) is 6.07 Å². The standard InChI is InChI=1S/C19H33N7/c1-15(2)25(16(3)4)14-8-11-21-19(20-5)22-12-10-18-24-23-17-9-6-7-13-26(17)18/h6-7,9,13,15-16H,8,10-12,14H2,1-5H3,(H2,20,21,22). The zero-order chi connectivity index (χ0) is 18.9. The van der Waals surface area contributed by atoms with E-state index in [2.05, 4.69) is 58.4 Å². The highest BCUT2D eigenvalue weighted by atomic mass is 15.2. The second-order valence-corrected chi connectivity index (χ2v) is 7.00. The molecule has 0 aromatic carbocycles. The first-order valence-electron chi connectivity index (χ1n) is 9.51. The van der Waals surface area contributed by atoms with Crippen molar-refractivity contribution in [2.24, 2.45) is 4.99 Å². The third kappa shape index (κ3) is 5.69. The van der Waals surface area contributed by atoms with E-state index in [1.54, 1.807) is 7.05 Å². The third-order valence-corrected chi connectivity index (χ3v) is 4.46. The Kier molecular flexibility index (Phi) is 7.84. The Bertz CT molecular complexity index is 682. The van der Waals surface area contributed by atoms with Gasteiger partial charge in [-0.15, -0.1) is 10.2 Å². The third-order valence-electron chi connectivity index (χ3n) is 4.46. The maximum absolute atomic E-state index is 4.29. The van der Waals surface area contributed by atoms with Gasteiger partial charge >= 0.3 is 0 Å². The first-order valence-corrected chi connectivity index (χ1v) is 9.51. The molecule has 0 unspecified atom stereocenters. The number of aromatic nitrogens is 3. The molecule has 2 aromatic heterocycles. The van der Waals surface area contributed by atoms with Crippen LogP contribution in [0.15, 0.2) is 29.4 Å². The van der Waals surface area contributed by atoms with E-state index in [0.29, 0.717) is 12.1 Å². The van der Waals surface area contributed by atoms with Crippen molar-refractivity contribution in [3.63, 3.8) is 0 Å². The molecule has 0 spiro atoms. The molecule has 0 amide bonds. The van der Waals surface area contributed by atoms with Gasteiger partial charge in [0.1, 0.15) is 5.82 Å². The van der Waals surface area contributed by atoms with E-state index in [1.807, 2.05) is 28.8 Å². The van der Waals surface area contributed by atoms with Crippen LogP contribution in [0.3, 0.4) is 0 Å². The molecule has 26 heavy (non-hydrogen) atoms. The molecule has 0 atom stereocenters. The van der Waals surface area contributed by atoms with Crippen LogP contribution in [0.4, 0.5) is 0 Å². The van der Waals surface area contributed by atoms with Crippen molar-refractivity contribution in [3.8, 4) is 0 Å². The summed E-state index contributed by atoms with van der Waals surface area (Å²) >= 11 is 0. The first-order chi connectivity index (χ1) is 12.5. The number of hydrogen-bond acceptors (Lipinski definition) is 4. The normalized spacial score (nSPS) is 12.5. The zero-order valence-corrected chi connectivity index (χ0v) is 16.7. The smallest absolute Gasteiger partial charge is 0.190 e. The van der Waals surface area contributed by atoms with Gasteiger partial charge in [-0.05, 0) is 46.2 Å². The minimum atomic E-state index is 0.574. The van der Waals surface area contributed by atoms with Crippen molar-refractivity contribution in [3.05, 3.63) is 30.2 Å². The molecule has 7 nitrogen and oxygen atoms in total. The van der Waals surface area contributed by atoms with E-state index >= 15 is 0 Å². The van der Waals surface area contributed by atoms with Crippen LogP contribution in [0.2, 0.25) is 0 Å². The highest BCUT2D eigenvalue weighted by Gasteiger charge is 2.12. The topological polar surface area (TPSA) is 69.8 Å². The van der Waals surface area contributed by atoms with Crippen LogP contribution in [0.5, 0.6) is 0 Å². The van der Waals surface area contributed by atoms with Crippen molar-refractivity contribution in [2.75, 3.05) is 26.7 Å². The average molecular weight is 360 g/mol. The Morgan fingerprint density at radius 3 is 2.54 bits per heavy atom. The van der Waals surface area contributed by atoms with Crippen LogP contribution in [0.25, 0.3) is 5.65 Å². The Labute approximate surface area is 156 Å². The summed E-state index contributed by atoms with van der Waals surface area (Å²) in [5, 5.41) is 15.2. The largest absolute Gasteiger partial charge is 0.356 e. The highest BCUT2D eigenvalue weighted by Crippen LogP contribution is 2.05. The van der Waals surface area contributed by atoms with Crippen LogP contribution in [-0.2, 0) is 6.42 Å². The van der Waals surface area contributed by atoms with Gasteiger partial charge in [0.15, 0.2) is 11.6 Å². The average Bonchev–Trinajstić information content (AvgIpc) is 3.02. The molecule has 2 rings (SSSR count). The van der Waals surface area contributed by atoms with Crippen molar-refractivity contribution in [1.29, 1.82) is 0 Å². The van der Waals surface area contributed by atoms with E-state index in [0.717, 1.165) is 49.9 Å². The second kappa shape index (κ2) is 10.1. The molecule has 0 saturated heterocycles. The lowest BCUT2D eigenvalue weighted by Gasteiger charge is -2.30. The van der Waals surface area contributed by atoms with Crippen molar-refractivity contribution in [2.45, 2.75) is 52.6 Å². The van der Waals surface area contributed by atoms with Gasteiger partial charge in [-0.2, -0.15) is 0 Å². The summed E-state index contributed by atoms with van der Waals surface area (Å²) in [6.45, 7) is 11.8. The Balaban J connectivity index is 1.71. The number of rotatable bonds is 9. The fourth-order valence-electron chi connectivity index (χ4n) is 3.16. The van der Waals surface area contributed by atoms with E-state index < -0.39 is 0 Å². The summed E-state index contributed by atoms with van der Waals surface area (Å²) in [5.74, 6) is 1.78. The van der Waals surface area contributed by atoms with Crippen LogP contribution in [0.1, 0.15) is 39.9 Å². The summed E-state index contributed by atoms with van der Waals surface area (Å²) in [5.41, 5.74) is 0.880. The van der Waals surface area contributed by atoms with Gasteiger partial charge in [-0.25, -0.2) is 0 Å². The molecule has 0 saturated carbocycles. The summed E-state index contributed by atoms with van der Waals surface area (Å²) < 4.78 is 2.02. The van der Waals surface area contributed by atoms with Gasteiger partial charge in [0.25, 0.3) is 0 Å². The van der Waals surface area contributed by atoms with Gasteiger partial charge < -0.3 is 10.6 Å².